The van der Waals surface area contributed by atoms with Gasteiger partial charge in [0.05, 0.1) is 0 Å². The van der Waals surface area contributed by atoms with Gasteiger partial charge in [-0.05, 0) is 32.4 Å². The van der Waals surface area contributed by atoms with Gasteiger partial charge in [0.1, 0.15) is 5.82 Å². The van der Waals surface area contributed by atoms with E-state index in [1.165, 1.54) is 0 Å². The lowest BCUT2D eigenvalue weighted by Crippen LogP contribution is -2.42. The first kappa shape index (κ1) is 12.7. The molecule has 0 bridgehead atoms. The zero-order valence-electron chi connectivity index (χ0n) is 10.4. The minimum absolute atomic E-state index is 0.0332. The lowest BCUT2D eigenvalue weighted by atomic mass is 10.1. The van der Waals surface area contributed by atoms with E-state index in [-0.39, 0.29) is 5.54 Å². The second-order valence-corrected chi connectivity index (χ2v) is 4.80. The van der Waals surface area contributed by atoms with Crippen LogP contribution in [0.25, 0.3) is 0 Å². The van der Waals surface area contributed by atoms with Gasteiger partial charge >= 0.3 is 0 Å². The van der Waals surface area contributed by atoms with Gasteiger partial charge in [0, 0.05) is 24.8 Å². The molecule has 0 atom stereocenters. The lowest BCUT2D eigenvalue weighted by Gasteiger charge is -2.36. The molecular formula is C13H21N3. The average molecular weight is 219 g/mol. The molecule has 0 aromatic carbocycles. The monoisotopic (exact) mass is 219 g/mol. The van der Waals surface area contributed by atoms with Crippen LogP contribution in [-0.2, 0) is 6.54 Å². The Balaban J connectivity index is 2.97. The van der Waals surface area contributed by atoms with Gasteiger partial charge in [0.2, 0.25) is 0 Å². The van der Waals surface area contributed by atoms with E-state index in [2.05, 4.69) is 37.2 Å². The van der Waals surface area contributed by atoms with Gasteiger partial charge in [-0.2, -0.15) is 0 Å². The summed E-state index contributed by atoms with van der Waals surface area (Å²) >= 11 is 0. The molecule has 3 nitrogen and oxygen atoms in total. The molecule has 0 aliphatic carbocycles. The maximum absolute atomic E-state index is 5.55. The number of anilines is 1. The molecule has 0 amide bonds. The van der Waals surface area contributed by atoms with Crippen LogP contribution in [-0.4, -0.2) is 17.1 Å². The topological polar surface area (TPSA) is 42.1 Å². The number of nitrogens with zero attached hydrogens (tertiary/aromatic N) is 2. The normalized spacial score (nSPS) is 11.2. The van der Waals surface area contributed by atoms with Gasteiger partial charge in [-0.3, -0.25) is 0 Å². The summed E-state index contributed by atoms with van der Waals surface area (Å²) in [6, 6.07) is 4.03. The predicted molar refractivity (Wildman–Crippen MR) is 69.4 cm³/mol. The van der Waals surface area contributed by atoms with Crippen LogP contribution < -0.4 is 10.6 Å². The van der Waals surface area contributed by atoms with Crippen molar-refractivity contribution in [1.29, 1.82) is 0 Å². The van der Waals surface area contributed by atoms with Crippen LogP contribution in [0.1, 0.15) is 26.3 Å². The van der Waals surface area contributed by atoms with Crippen molar-refractivity contribution in [2.45, 2.75) is 32.9 Å². The maximum Gasteiger partial charge on any atom is 0.129 e. The highest BCUT2D eigenvalue weighted by Crippen LogP contribution is 2.21. The van der Waals surface area contributed by atoms with Gasteiger partial charge in [-0.15, -0.1) is 6.58 Å². The summed E-state index contributed by atoms with van der Waals surface area (Å²) in [4.78, 5) is 6.64. The van der Waals surface area contributed by atoms with E-state index in [1.807, 2.05) is 24.4 Å². The van der Waals surface area contributed by atoms with Crippen LogP contribution in [0, 0.1) is 0 Å². The Morgan fingerprint density at radius 1 is 1.44 bits per heavy atom. The number of nitrogens with two attached hydrogens (primary N) is 1. The standard InChI is InChI=1S/C13H21N3/c1-5-8-16(13(2,3)4)12-7-6-11(9-14)10-15-12/h5-7,10H,1,8-9,14H2,2-4H3. The summed E-state index contributed by atoms with van der Waals surface area (Å²) in [5.74, 6) is 0.963. The summed E-state index contributed by atoms with van der Waals surface area (Å²) in [5.41, 5.74) is 6.64. The van der Waals surface area contributed by atoms with Crippen LogP contribution in [0.5, 0.6) is 0 Å². The molecule has 2 N–H and O–H groups in total. The van der Waals surface area contributed by atoms with Crippen LogP contribution in [0.2, 0.25) is 0 Å². The number of pyridine rings is 1. The second-order valence-electron chi connectivity index (χ2n) is 4.80. The summed E-state index contributed by atoms with van der Waals surface area (Å²) in [6.07, 6.45) is 3.72. The SMILES string of the molecule is C=CCN(c1ccc(CN)cn1)C(C)(C)C. The van der Waals surface area contributed by atoms with Crippen molar-refractivity contribution >= 4 is 5.82 Å². The first-order valence-electron chi connectivity index (χ1n) is 5.52. The number of hydrogen-bond acceptors (Lipinski definition) is 3. The summed E-state index contributed by atoms with van der Waals surface area (Å²) in [5, 5.41) is 0. The van der Waals surface area contributed by atoms with Gasteiger partial charge in [-0.25, -0.2) is 4.98 Å². The largest absolute Gasteiger partial charge is 0.348 e. The van der Waals surface area contributed by atoms with Crippen molar-refractivity contribution in [3.05, 3.63) is 36.5 Å². The minimum Gasteiger partial charge on any atom is -0.348 e. The molecule has 0 saturated carbocycles. The quantitative estimate of drug-likeness (QED) is 0.790. The van der Waals surface area contributed by atoms with Crippen LogP contribution in [0.4, 0.5) is 5.82 Å². The Morgan fingerprint density at radius 2 is 2.12 bits per heavy atom. The third-order valence-electron chi connectivity index (χ3n) is 2.44. The fourth-order valence-corrected chi connectivity index (χ4v) is 1.54. The van der Waals surface area contributed by atoms with Crippen LogP contribution in [0.15, 0.2) is 31.0 Å². The van der Waals surface area contributed by atoms with Crippen molar-refractivity contribution in [3.63, 3.8) is 0 Å². The van der Waals surface area contributed by atoms with E-state index >= 15 is 0 Å². The Kier molecular flexibility index (Phi) is 4.07. The first-order chi connectivity index (χ1) is 7.49. The fraction of sp³-hybridized carbons (Fsp3) is 0.462. The Hall–Kier alpha value is -1.35. The van der Waals surface area contributed by atoms with Gasteiger partial charge < -0.3 is 10.6 Å². The predicted octanol–water partition coefficient (Wildman–Crippen LogP) is 2.33. The molecule has 0 radical (unpaired) electrons. The molecule has 0 aliphatic rings. The number of hydrogen-bond donors (Lipinski definition) is 1. The molecule has 0 fully saturated rings. The second kappa shape index (κ2) is 5.12. The molecule has 1 aromatic heterocycles. The van der Waals surface area contributed by atoms with E-state index in [0.29, 0.717) is 6.54 Å². The summed E-state index contributed by atoms with van der Waals surface area (Å²) < 4.78 is 0. The first-order valence-corrected chi connectivity index (χ1v) is 5.52. The van der Waals surface area contributed by atoms with E-state index in [0.717, 1.165) is 17.9 Å². The lowest BCUT2D eigenvalue weighted by molar-refractivity contribution is 0.517. The maximum atomic E-state index is 5.55. The summed E-state index contributed by atoms with van der Waals surface area (Å²) in [6.45, 7) is 11.6. The molecule has 0 aliphatic heterocycles. The molecule has 88 valence electrons. The van der Waals surface area contributed by atoms with Crippen LogP contribution >= 0.6 is 0 Å². The Morgan fingerprint density at radius 3 is 2.50 bits per heavy atom. The van der Waals surface area contributed by atoms with Gasteiger partial charge in [-0.1, -0.05) is 12.1 Å². The van der Waals surface area contributed by atoms with Crippen molar-refractivity contribution in [2.75, 3.05) is 11.4 Å². The Labute approximate surface area is 98.0 Å². The fourth-order valence-electron chi connectivity index (χ4n) is 1.54. The molecule has 0 unspecified atom stereocenters. The third-order valence-corrected chi connectivity index (χ3v) is 2.44. The van der Waals surface area contributed by atoms with Crippen LogP contribution in [0.3, 0.4) is 0 Å². The van der Waals surface area contributed by atoms with Gasteiger partial charge in [0.15, 0.2) is 0 Å². The van der Waals surface area contributed by atoms with E-state index in [4.69, 9.17) is 5.73 Å². The van der Waals surface area contributed by atoms with E-state index in [1.54, 1.807) is 0 Å². The number of aromatic nitrogens is 1. The van der Waals surface area contributed by atoms with E-state index < -0.39 is 0 Å². The summed E-state index contributed by atoms with van der Waals surface area (Å²) in [7, 11) is 0. The highest BCUT2D eigenvalue weighted by atomic mass is 15.2. The Bertz CT molecular complexity index is 335. The molecule has 3 heteroatoms. The molecular weight excluding hydrogens is 198 g/mol. The zero-order valence-corrected chi connectivity index (χ0v) is 10.4. The third kappa shape index (κ3) is 3.07. The smallest absolute Gasteiger partial charge is 0.129 e. The zero-order chi connectivity index (χ0) is 12.2. The van der Waals surface area contributed by atoms with Crippen molar-refractivity contribution in [3.8, 4) is 0 Å². The van der Waals surface area contributed by atoms with Crippen molar-refractivity contribution < 1.29 is 0 Å². The molecule has 1 aromatic rings. The highest BCUT2D eigenvalue weighted by molar-refractivity contribution is 5.42. The molecule has 1 heterocycles. The van der Waals surface area contributed by atoms with Gasteiger partial charge in [0.25, 0.3) is 0 Å². The van der Waals surface area contributed by atoms with Crippen molar-refractivity contribution in [2.24, 2.45) is 5.73 Å². The van der Waals surface area contributed by atoms with E-state index in [9.17, 15) is 0 Å². The molecule has 0 spiro atoms. The van der Waals surface area contributed by atoms with Crippen molar-refractivity contribution in [1.82, 2.24) is 4.98 Å². The minimum atomic E-state index is 0.0332. The highest BCUT2D eigenvalue weighted by Gasteiger charge is 2.21. The average Bonchev–Trinajstić information content (AvgIpc) is 2.25. The molecule has 0 saturated heterocycles. The number of rotatable bonds is 4. The molecule has 1 rings (SSSR count). The molecule has 16 heavy (non-hydrogen) atoms.